The summed E-state index contributed by atoms with van der Waals surface area (Å²) in [4.78, 5) is 2.82. The van der Waals surface area contributed by atoms with Gasteiger partial charge < -0.3 is 17.3 Å². The average Bonchev–Trinajstić information content (AvgIpc) is 2.83. The molecule has 1 N–H and O–H groups in total. The SMILES string of the molecule is C/C(C[NH+](C)C)=C(/c1ccccc1)c1cccs1.[Cl-]. The molecule has 3 heteroatoms. The molecule has 0 amide bonds. The third-order valence-corrected chi connectivity index (χ3v) is 3.76. The van der Waals surface area contributed by atoms with Crippen molar-refractivity contribution in [3.8, 4) is 0 Å². The molecule has 0 unspecified atom stereocenters. The van der Waals surface area contributed by atoms with Crippen LogP contribution in [-0.2, 0) is 0 Å². The predicted molar refractivity (Wildman–Crippen MR) is 80.1 cm³/mol. The maximum atomic E-state index is 2.25. The summed E-state index contributed by atoms with van der Waals surface area (Å²) < 4.78 is 0. The monoisotopic (exact) mass is 293 g/mol. The van der Waals surface area contributed by atoms with Crippen molar-refractivity contribution in [2.45, 2.75) is 6.92 Å². The Morgan fingerprint density at radius 3 is 2.26 bits per heavy atom. The molecule has 0 bridgehead atoms. The molecule has 0 saturated heterocycles. The molecule has 2 aromatic rings. The summed E-state index contributed by atoms with van der Waals surface area (Å²) in [6.45, 7) is 3.32. The van der Waals surface area contributed by atoms with Gasteiger partial charge in [0.05, 0.1) is 20.6 Å². The van der Waals surface area contributed by atoms with Gasteiger partial charge in [0.2, 0.25) is 0 Å². The molecule has 0 fully saturated rings. The highest BCUT2D eigenvalue weighted by Gasteiger charge is 2.11. The third-order valence-electron chi connectivity index (χ3n) is 2.88. The van der Waals surface area contributed by atoms with Crippen LogP contribution in [0, 0.1) is 0 Å². The normalized spacial score (nSPS) is 12.0. The molecule has 0 aliphatic carbocycles. The van der Waals surface area contributed by atoms with Crippen LogP contribution < -0.4 is 17.3 Å². The summed E-state index contributed by atoms with van der Waals surface area (Å²) in [5, 5.41) is 2.15. The lowest BCUT2D eigenvalue weighted by Gasteiger charge is -2.13. The fourth-order valence-electron chi connectivity index (χ4n) is 2.24. The lowest BCUT2D eigenvalue weighted by Crippen LogP contribution is -3.05. The minimum Gasteiger partial charge on any atom is -1.00 e. The van der Waals surface area contributed by atoms with Crippen LogP contribution in [-0.4, -0.2) is 20.6 Å². The van der Waals surface area contributed by atoms with Crippen LogP contribution in [0.4, 0.5) is 0 Å². The van der Waals surface area contributed by atoms with Gasteiger partial charge in [-0.05, 0) is 29.5 Å². The van der Waals surface area contributed by atoms with Gasteiger partial charge in [-0.25, -0.2) is 0 Å². The quantitative estimate of drug-likeness (QED) is 0.791. The molecule has 1 aromatic carbocycles. The van der Waals surface area contributed by atoms with Gasteiger partial charge in [-0.3, -0.25) is 0 Å². The molecule has 1 heterocycles. The lowest BCUT2D eigenvalue weighted by atomic mass is 9.99. The van der Waals surface area contributed by atoms with Gasteiger partial charge in [0, 0.05) is 10.5 Å². The molecule has 2 rings (SSSR count). The first kappa shape index (κ1) is 16.0. The van der Waals surface area contributed by atoms with Crippen molar-refractivity contribution in [2.24, 2.45) is 0 Å². The van der Waals surface area contributed by atoms with Crippen LogP contribution >= 0.6 is 11.3 Å². The van der Waals surface area contributed by atoms with Gasteiger partial charge in [-0.2, -0.15) is 0 Å². The first-order valence-electron chi connectivity index (χ1n) is 6.26. The van der Waals surface area contributed by atoms with E-state index in [2.05, 4.69) is 68.9 Å². The van der Waals surface area contributed by atoms with E-state index < -0.39 is 0 Å². The Hall–Kier alpha value is -1.09. The molecule has 0 spiro atoms. The summed E-state index contributed by atoms with van der Waals surface area (Å²) in [7, 11) is 4.39. The molecule has 0 radical (unpaired) electrons. The third kappa shape index (κ3) is 4.20. The summed E-state index contributed by atoms with van der Waals surface area (Å²) >= 11 is 1.81. The Kier molecular flexibility index (Phi) is 6.29. The molecule has 102 valence electrons. The molecule has 1 aromatic heterocycles. The van der Waals surface area contributed by atoms with Crippen LogP contribution in [0.25, 0.3) is 5.57 Å². The zero-order valence-corrected chi connectivity index (χ0v) is 13.2. The minimum absolute atomic E-state index is 0. The second kappa shape index (κ2) is 7.49. The van der Waals surface area contributed by atoms with Crippen LogP contribution in [0.3, 0.4) is 0 Å². The van der Waals surface area contributed by atoms with Crippen molar-refractivity contribution in [3.05, 3.63) is 63.9 Å². The number of thiophene rings is 1. The van der Waals surface area contributed by atoms with E-state index in [1.165, 1.54) is 26.5 Å². The highest BCUT2D eigenvalue weighted by molar-refractivity contribution is 7.11. The largest absolute Gasteiger partial charge is 1.00 e. The van der Waals surface area contributed by atoms with E-state index in [0.717, 1.165) is 6.54 Å². The Balaban J connectivity index is 0.00000180. The van der Waals surface area contributed by atoms with Crippen molar-refractivity contribution < 1.29 is 17.3 Å². The zero-order valence-electron chi connectivity index (χ0n) is 11.6. The molecule has 0 saturated carbocycles. The van der Waals surface area contributed by atoms with Crippen molar-refractivity contribution in [3.63, 3.8) is 0 Å². The van der Waals surface area contributed by atoms with Gasteiger partial charge in [-0.15, -0.1) is 11.3 Å². The van der Waals surface area contributed by atoms with Crippen LogP contribution in [0.1, 0.15) is 17.4 Å². The Labute approximate surface area is 126 Å². The van der Waals surface area contributed by atoms with Crippen LogP contribution in [0.15, 0.2) is 53.4 Å². The van der Waals surface area contributed by atoms with Gasteiger partial charge >= 0.3 is 0 Å². The average molecular weight is 294 g/mol. The van der Waals surface area contributed by atoms with Crippen molar-refractivity contribution in [1.82, 2.24) is 0 Å². The second-order valence-electron chi connectivity index (χ2n) is 4.88. The van der Waals surface area contributed by atoms with E-state index in [1.807, 2.05) is 11.3 Å². The second-order valence-corrected chi connectivity index (χ2v) is 5.83. The van der Waals surface area contributed by atoms with E-state index in [-0.39, 0.29) is 12.4 Å². The number of rotatable bonds is 4. The van der Waals surface area contributed by atoms with E-state index in [0.29, 0.717) is 0 Å². The van der Waals surface area contributed by atoms with Gasteiger partial charge in [0.15, 0.2) is 0 Å². The number of quaternary nitrogens is 1. The van der Waals surface area contributed by atoms with Crippen LogP contribution in [0.2, 0.25) is 0 Å². The number of benzene rings is 1. The maximum Gasteiger partial charge on any atom is 0.0990 e. The first-order chi connectivity index (χ1) is 8.68. The summed E-state index contributed by atoms with van der Waals surface area (Å²) in [5.74, 6) is 0. The van der Waals surface area contributed by atoms with E-state index in [1.54, 1.807) is 0 Å². The maximum absolute atomic E-state index is 2.25. The molecule has 0 aliphatic heterocycles. The fourth-order valence-corrected chi connectivity index (χ4v) is 3.11. The molecule has 1 nitrogen and oxygen atoms in total. The predicted octanol–water partition coefficient (Wildman–Crippen LogP) is -0.282. The number of nitrogens with one attached hydrogen (secondary N) is 1. The molecule has 19 heavy (non-hydrogen) atoms. The first-order valence-corrected chi connectivity index (χ1v) is 7.14. The minimum atomic E-state index is 0. The highest BCUT2D eigenvalue weighted by atomic mass is 35.5. The number of hydrogen-bond donors (Lipinski definition) is 1. The topological polar surface area (TPSA) is 4.44 Å². The number of hydrogen-bond acceptors (Lipinski definition) is 1. The van der Waals surface area contributed by atoms with Gasteiger partial charge in [-0.1, -0.05) is 36.4 Å². The summed E-state index contributed by atoms with van der Waals surface area (Å²) in [5.41, 5.74) is 4.16. The Bertz CT molecular complexity index is 515. The van der Waals surface area contributed by atoms with E-state index in [9.17, 15) is 0 Å². The number of halogens is 1. The van der Waals surface area contributed by atoms with Gasteiger partial charge in [0.25, 0.3) is 0 Å². The molecule has 0 aliphatic rings. The van der Waals surface area contributed by atoms with Crippen molar-refractivity contribution in [1.29, 1.82) is 0 Å². The van der Waals surface area contributed by atoms with Gasteiger partial charge in [0.1, 0.15) is 0 Å². The Morgan fingerprint density at radius 1 is 1.05 bits per heavy atom. The van der Waals surface area contributed by atoms with E-state index in [4.69, 9.17) is 0 Å². The standard InChI is InChI=1S/C16H19NS.ClH/c1-13(12-17(2)3)16(15-10-7-11-18-15)14-8-5-4-6-9-14;/h4-11H,12H2,1-3H3;1H/b16-13+;. The van der Waals surface area contributed by atoms with Crippen LogP contribution in [0.5, 0.6) is 0 Å². The van der Waals surface area contributed by atoms with E-state index >= 15 is 0 Å². The highest BCUT2D eigenvalue weighted by Crippen LogP contribution is 2.29. The molecule has 0 atom stereocenters. The number of likely N-dealkylation sites (N-methyl/N-ethyl adjacent to an activating group) is 1. The molecular weight excluding hydrogens is 274 g/mol. The van der Waals surface area contributed by atoms with Crippen molar-refractivity contribution >= 4 is 16.9 Å². The summed E-state index contributed by atoms with van der Waals surface area (Å²) in [6, 6.07) is 15.0. The zero-order chi connectivity index (χ0) is 13.0. The Morgan fingerprint density at radius 2 is 1.74 bits per heavy atom. The summed E-state index contributed by atoms with van der Waals surface area (Å²) in [6.07, 6.45) is 0. The van der Waals surface area contributed by atoms with Crippen molar-refractivity contribution in [2.75, 3.05) is 20.6 Å². The lowest BCUT2D eigenvalue weighted by molar-refractivity contribution is -0.852. The molecular formula is C16H20ClNS. The smallest absolute Gasteiger partial charge is 0.0990 e. The fraction of sp³-hybridized carbons (Fsp3) is 0.250.